The Labute approximate surface area is 312 Å². The summed E-state index contributed by atoms with van der Waals surface area (Å²) in [6.07, 6.45) is 0. The maximum atomic E-state index is 8.48. The van der Waals surface area contributed by atoms with E-state index in [0.29, 0.717) is 0 Å². The van der Waals surface area contributed by atoms with Gasteiger partial charge in [0.1, 0.15) is 0 Å². The fourth-order valence-electron chi connectivity index (χ4n) is 0. The van der Waals surface area contributed by atoms with Gasteiger partial charge >= 0.3 is 221 Å². The minimum absolute atomic E-state index is 0. The first-order valence-electron chi connectivity index (χ1n) is 2.19. The molecule has 0 atom stereocenters. The molecule has 0 aromatic rings. The minimum atomic E-state index is -3.37. The molecule has 0 aliphatic heterocycles. The van der Waals surface area contributed by atoms with Gasteiger partial charge in [0.05, 0.1) is 0 Å². The standard InChI is InChI=1S/CH4.8Hg.4HO3P/c;;;;;;;;;4*1-4(2)3/h1H4;;;;;;;;;4*(H,1,2,3)/q;8*+1;;;;/p-4. The molecule has 25 heavy (non-hydrogen) atoms. The molecule has 0 aromatic carbocycles. The van der Waals surface area contributed by atoms with E-state index in [4.69, 9.17) is 57.4 Å². The van der Waals surface area contributed by atoms with Crippen molar-refractivity contribution in [3.8, 4) is 0 Å². The molecule has 12 nitrogen and oxygen atoms in total. The van der Waals surface area contributed by atoms with E-state index in [2.05, 4.69) is 0 Å². The van der Waals surface area contributed by atoms with Crippen molar-refractivity contribution in [2.24, 2.45) is 0 Å². The molecule has 0 aliphatic rings. The molecule has 0 spiro atoms. The van der Waals surface area contributed by atoms with Gasteiger partial charge in [-0.25, -0.2) is 0 Å². The zero-order chi connectivity index (χ0) is 14.3. The topological polar surface area (TPSA) is 253 Å². The van der Waals surface area contributed by atoms with Gasteiger partial charge in [-0.15, -0.1) is 0 Å². The van der Waals surface area contributed by atoms with Crippen LogP contribution in [0, 0.1) is 0 Å². The smallest absolute Gasteiger partial charge is 0.598 e. The van der Waals surface area contributed by atoms with Crippen LogP contribution in [-0.4, -0.2) is 0 Å². The Kier molecular flexibility index (Phi) is 261. The van der Waals surface area contributed by atoms with E-state index in [0.717, 1.165) is 0 Å². The van der Waals surface area contributed by atoms with E-state index in [1.54, 1.807) is 0 Å². The summed E-state index contributed by atoms with van der Waals surface area (Å²) in [7, 11) is -13.5. The molecule has 0 aromatic heterocycles. The molecule has 0 amide bonds. The molecule has 0 saturated heterocycles. The van der Waals surface area contributed by atoms with Crippen molar-refractivity contribution in [1.82, 2.24) is 0 Å². The molecule has 0 fully saturated rings. The SMILES string of the molecule is C.O=[P+]([O-])[O-].O=[P+]([O-])[O-].O=[P+]([O-])[O-].O=[P+]([O-])[O-].[Hg+].[Hg+].[Hg+].[Hg+].[Hg+].[Hg+].[Hg+].[Hg+]. The van der Waals surface area contributed by atoms with E-state index in [-0.39, 0.29) is 229 Å². The van der Waals surface area contributed by atoms with Crippen molar-refractivity contribution < 1.29 is 279 Å². The third-order valence-corrected chi connectivity index (χ3v) is 0. The van der Waals surface area contributed by atoms with Crippen molar-refractivity contribution in [3.63, 3.8) is 0 Å². The second-order valence-corrected chi connectivity index (χ2v) is 2.68. The summed E-state index contributed by atoms with van der Waals surface area (Å²) in [6, 6.07) is 0. The predicted octanol–water partition coefficient (Wildman–Crippen LogP) is -5.93. The zero-order valence-corrected chi connectivity index (χ0v) is 59.9. The van der Waals surface area contributed by atoms with Crippen molar-refractivity contribution in [3.05, 3.63) is 0 Å². The van der Waals surface area contributed by atoms with Crippen LogP contribution in [0.3, 0.4) is 0 Å². The predicted molar refractivity (Wildman–Crippen MR) is 37.2 cm³/mol. The van der Waals surface area contributed by atoms with Gasteiger partial charge < -0.3 is 39.1 Å². The molecule has 112 valence electrons. The normalized spacial score (nSPS) is 4.16. The molecule has 24 heteroatoms. The average molecular weight is 1940 g/mol. The maximum Gasteiger partial charge on any atom is 1.00 e. The van der Waals surface area contributed by atoms with Gasteiger partial charge in [0, 0.05) is 0 Å². The zero-order valence-electron chi connectivity index (χ0n) is 12.3. The average Bonchev–Trinajstić information content (AvgIpc) is 1.76. The summed E-state index contributed by atoms with van der Waals surface area (Å²) >= 11 is 0. The van der Waals surface area contributed by atoms with Gasteiger partial charge in [-0.1, -0.05) is 25.7 Å². The fraction of sp³-hybridized carbons (Fsp3) is 1.00. The Balaban J connectivity index is -0.00000000623. The number of rotatable bonds is 0. The van der Waals surface area contributed by atoms with E-state index >= 15 is 0 Å². The second kappa shape index (κ2) is 77.0. The summed E-state index contributed by atoms with van der Waals surface area (Å²) in [4.78, 5) is 67.9. The summed E-state index contributed by atoms with van der Waals surface area (Å²) < 4.78 is 33.9. The van der Waals surface area contributed by atoms with Crippen LogP contribution in [0.2, 0.25) is 0 Å². The third kappa shape index (κ3) is 482. The Morgan fingerprint density at radius 1 is 0.320 bits per heavy atom. The molecule has 0 heterocycles. The molecular weight excluding hydrogens is 1930 g/mol. The summed E-state index contributed by atoms with van der Waals surface area (Å²) in [5.41, 5.74) is 0. The quantitative estimate of drug-likeness (QED) is 0.163. The van der Waals surface area contributed by atoms with Gasteiger partial charge in [-0.3, -0.25) is 0 Å². The van der Waals surface area contributed by atoms with Crippen molar-refractivity contribution in [2.75, 3.05) is 0 Å². The van der Waals surface area contributed by atoms with Crippen LogP contribution >= 0.6 is 33.0 Å². The van der Waals surface area contributed by atoms with Crippen LogP contribution in [0.15, 0.2) is 0 Å². The van der Waals surface area contributed by atoms with Gasteiger partial charge in [0.25, 0.3) is 33.0 Å². The van der Waals surface area contributed by atoms with Crippen LogP contribution in [0.5, 0.6) is 0 Å². The van der Waals surface area contributed by atoms with E-state index in [1.165, 1.54) is 0 Å². The van der Waals surface area contributed by atoms with E-state index in [1.807, 2.05) is 0 Å². The Morgan fingerprint density at radius 2 is 0.320 bits per heavy atom. The Morgan fingerprint density at radius 3 is 0.320 bits per heavy atom. The van der Waals surface area contributed by atoms with Gasteiger partial charge in [0.15, 0.2) is 0 Å². The van der Waals surface area contributed by atoms with Crippen LogP contribution in [0.4, 0.5) is 0 Å². The molecule has 0 saturated carbocycles. The molecular formula is CH4Hg8O12P4+4. The monoisotopic (exact) mass is 1950 g/mol. The molecule has 0 bridgehead atoms. The fourth-order valence-corrected chi connectivity index (χ4v) is 0. The van der Waals surface area contributed by atoms with Crippen LogP contribution in [-0.2, 0) is 240 Å². The van der Waals surface area contributed by atoms with Gasteiger partial charge in [-0.2, -0.15) is 0 Å². The molecule has 8 radical (unpaired) electrons. The molecule has 0 unspecified atom stereocenters. The number of hydrogen-bond donors (Lipinski definition) is 0. The van der Waals surface area contributed by atoms with Gasteiger partial charge in [-0.05, 0) is 0 Å². The van der Waals surface area contributed by atoms with Crippen LogP contribution < -0.4 is 39.1 Å². The second-order valence-electron chi connectivity index (χ2n) is 0.894. The largest absolute Gasteiger partial charge is 1.00 e. The summed E-state index contributed by atoms with van der Waals surface area (Å²) in [6.45, 7) is 0. The summed E-state index contributed by atoms with van der Waals surface area (Å²) in [5, 5.41) is 0. The number of hydrogen-bond acceptors (Lipinski definition) is 12. The Bertz CT molecular complexity index is 181. The first-order valence-corrected chi connectivity index (χ1v) is 6.57. The van der Waals surface area contributed by atoms with E-state index < -0.39 is 33.0 Å². The first kappa shape index (κ1) is 84.8. The minimum Gasteiger partial charge on any atom is -0.598 e. The van der Waals surface area contributed by atoms with Crippen LogP contribution in [0.25, 0.3) is 0 Å². The molecule has 0 rings (SSSR count). The van der Waals surface area contributed by atoms with Crippen molar-refractivity contribution in [1.29, 1.82) is 0 Å². The molecule has 0 aliphatic carbocycles. The summed E-state index contributed by atoms with van der Waals surface area (Å²) in [5.74, 6) is 0. The molecule has 0 N–H and O–H groups in total. The Hall–Kier alpha value is 7.56. The van der Waals surface area contributed by atoms with Crippen molar-refractivity contribution >= 4 is 33.0 Å². The first-order chi connectivity index (χ1) is 6.93. The third-order valence-electron chi connectivity index (χ3n) is 0. The van der Waals surface area contributed by atoms with Crippen molar-refractivity contribution in [2.45, 2.75) is 7.43 Å². The maximum absolute atomic E-state index is 8.48. The van der Waals surface area contributed by atoms with E-state index in [9.17, 15) is 0 Å². The van der Waals surface area contributed by atoms with Crippen LogP contribution in [0.1, 0.15) is 7.43 Å². The van der Waals surface area contributed by atoms with Gasteiger partial charge in [0.2, 0.25) is 0 Å².